The lowest BCUT2D eigenvalue weighted by Gasteiger charge is -2.32. The van der Waals surface area contributed by atoms with Gasteiger partial charge in [-0.2, -0.15) is 4.31 Å². The summed E-state index contributed by atoms with van der Waals surface area (Å²) in [6, 6.07) is 8.18. The Labute approximate surface area is 197 Å². The fourth-order valence-corrected chi connectivity index (χ4v) is 6.10. The van der Waals surface area contributed by atoms with E-state index in [1.807, 2.05) is 0 Å². The molecule has 0 unspecified atom stereocenters. The van der Waals surface area contributed by atoms with Crippen LogP contribution in [0.5, 0.6) is 17.2 Å². The molecule has 3 aliphatic rings. The lowest BCUT2D eigenvalue weighted by Crippen LogP contribution is -2.44. The summed E-state index contributed by atoms with van der Waals surface area (Å²) >= 11 is 0. The van der Waals surface area contributed by atoms with E-state index in [9.17, 15) is 18.0 Å². The first kappa shape index (κ1) is 22.5. The minimum Gasteiger partial charge on any atom is -0.479 e. The molecule has 3 aliphatic heterocycles. The van der Waals surface area contributed by atoms with Gasteiger partial charge < -0.3 is 24.8 Å². The van der Waals surface area contributed by atoms with E-state index in [1.165, 1.54) is 10.4 Å². The van der Waals surface area contributed by atoms with Gasteiger partial charge in [-0.3, -0.25) is 9.59 Å². The van der Waals surface area contributed by atoms with E-state index in [1.54, 1.807) is 38.1 Å². The molecule has 10 nitrogen and oxygen atoms in total. The van der Waals surface area contributed by atoms with E-state index >= 15 is 0 Å². The zero-order valence-electron chi connectivity index (χ0n) is 18.8. The predicted molar refractivity (Wildman–Crippen MR) is 123 cm³/mol. The van der Waals surface area contributed by atoms with E-state index in [-0.39, 0.29) is 30.0 Å². The van der Waals surface area contributed by atoms with Crippen LogP contribution in [0, 0.1) is 12.8 Å². The van der Waals surface area contributed by atoms with Gasteiger partial charge in [0.1, 0.15) is 5.75 Å². The van der Waals surface area contributed by atoms with E-state index in [0.717, 1.165) is 0 Å². The lowest BCUT2D eigenvalue weighted by atomic mass is 9.98. The van der Waals surface area contributed by atoms with Gasteiger partial charge >= 0.3 is 0 Å². The summed E-state index contributed by atoms with van der Waals surface area (Å²) in [7, 11) is -3.88. The van der Waals surface area contributed by atoms with Crippen LogP contribution in [0.4, 0.5) is 11.4 Å². The van der Waals surface area contributed by atoms with Crippen molar-refractivity contribution in [1.82, 2.24) is 4.31 Å². The van der Waals surface area contributed by atoms with Gasteiger partial charge in [-0.25, -0.2) is 8.42 Å². The topological polar surface area (TPSA) is 123 Å². The predicted octanol–water partition coefficient (Wildman–Crippen LogP) is 2.48. The molecule has 2 atom stereocenters. The van der Waals surface area contributed by atoms with Crippen molar-refractivity contribution in [2.75, 3.05) is 30.5 Å². The highest BCUT2D eigenvalue weighted by molar-refractivity contribution is 7.89. The molecule has 0 bridgehead atoms. The zero-order chi connectivity index (χ0) is 24.0. The molecule has 0 radical (unpaired) electrons. The van der Waals surface area contributed by atoms with Crippen molar-refractivity contribution < 1.29 is 32.2 Å². The van der Waals surface area contributed by atoms with Crippen LogP contribution in [0.1, 0.15) is 25.3 Å². The number of amides is 2. The van der Waals surface area contributed by atoms with Gasteiger partial charge in [0.15, 0.2) is 17.6 Å². The van der Waals surface area contributed by atoms with Crippen LogP contribution < -0.4 is 24.8 Å². The Kier molecular flexibility index (Phi) is 5.61. The van der Waals surface area contributed by atoms with E-state index in [0.29, 0.717) is 53.6 Å². The number of rotatable bonds is 4. The van der Waals surface area contributed by atoms with Crippen LogP contribution >= 0.6 is 0 Å². The monoisotopic (exact) mass is 487 g/mol. The first-order valence-corrected chi connectivity index (χ1v) is 12.5. The molecule has 0 spiro atoms. The summed E-state index contributed by atoms with van der Waals surface area (Å²) in [6.07, 6.45) is 0.426. The Morgan fingerprint density at radius 1 is 1.15 bits per heavy atom. The summed E-state index contributed by atoms with van der Waals surface area (Å²) in [5.41, 5.74) is 1.50. The maximum absolute atomic E-state index is 13.5. The maximum atomic E-state index is 13.5. The summed E-state index contributed by atoms with van der Waals surface area (Å²) in [6.45, 7) is 3.80. The van der Waals surface area contributed by atoms with Crippen LogP contribution in [-0.4, -0.2) is 50.5 Å². The number of nitrogens with zero attached hydrogens (tertiary/aromatic N) is 1. The Balaban J connectivity index is 1.33. The van der Waals surface area contributed by atoms with Gasteiger partial charge in [0.25, 0.3) is 5.91 Å². The summed E-state index contributed by atoms with van der Waals surface area (Å²) in [4.78, 5) is 24.9. The van der Waals surface area contributed by atoms with Crippen molar-refractivity contribution in [1.29, 1.82) is 0 Å². The number of hydrogen-bond acceptors (Lipinski definition) is 7. The Morgan fingerprint density at radius 2 is 1.94 bits per heavy atom. The number of fused-ring (bicyclic) bond motifs is 2. The van der Waals surface area contributed by atoms with Crippen molar-refractivity contribution >= 4 is 33.2 Å². The lowest BCUT2D eigenvalue weighted by molar-refractivity contribution is -0.123. The fraction of sp³-hybridized carbons (Fsp3) is 0.391. The molecule has 5 rings (SSSR count). The number of sulfonamides is 1. The van der Waals surface area contributed by atoms with Crippen LogP contribution in [-0.2, 0) is 19.6 Å². The minimum absolute atomic E-state index is 0.0727. The normalized spacial score (nSPS) is 21.9. The van der Waals surface area contributed by atoms with E-state index < -0.39 is 22.0 Å². The second-order valence-corrected chi connectivity index (χ2v) is 10.5. The van der Waals surface area contributed by atoms with Crippen LogP contribution in [0.3, 0.4) is 0 Å². The SMILES string of the molecule is Cc1cc2c(cc1S(=O)(=O)N1CCC[C@@H](C(=O)Nc3ccc4c(c3)OCO4)C1)O[C@@H](C)C(=O)N2. The fourth-order valence-electron chi connectivity index (χ4n) is 4.35. The number of ether oxygens (including phenoxy) is 3. The Bertz CT molecular complexity index is 1280. The largest absolute Gasteiger partial charge is 0.479 e. The van der Waals surface area contributed by atoms with Crippen molar-refractivity contribution in [3.05, 3.63) is 35.9 Å². The molecule has 1 saturated heterocycles. The molecule has 3 heterocycles. The van der Waals surface area contributed by atoms with Crippen molar-refractivity contribution in [3.8, 4) is 17.2 Å². The second kappa shape index (κ2) is 8.48. The zero-order valence-corrected chi connectivity index (χ0v) is 19.6. The van der Waals surface area contributed by atoms with Gasteiger partial charge in [0.2, 0.25) is 22.7 Å². The summed E-state index contributed by atoms with van der Waals surface area (Å²) in [5.74, 6) is 0.455. The number of benzene rings is 2. The molecule has 11 heteroatoms. The molecule has 34 heavy (non-hydrogen) atoms. The van der Waals surface area contributed by atoms with E-state index in [4.69, 9.17) is 14.2 Å². The number of carbonyl (C=O) groups excluding carboxylic acids is 2. The number of hydrogen-bond donors (Lipinski definition) is 2. The number of aryl methyl sites for hydroxylation is 1. The summed E-state index contributed by atoms with van der Waals surface area (Å²) in [5, 5.41) is 5.59. The first-order chi connectivity index (χ1) is 16.2. The average molecular weight is 488 g/mol. The standard InChI is InChI=1S/C23H25N3O7S/c1-13-8-17-19(33-14(2)22(27)25-17)10-21(13)34(29,30)26-7-3-4-15(11-26)23(28)24-16-5-6-18-20(9-16)32-12-31-18/h5-6,8-10,14-15H,3-4,7,11-12H2,1-2H3,(H,24,28)(H,25,27)/t14-,15+/m0/s1. The maximum Gasteiger partial charge on any atom is 0.265 e. The molecule has 2 aromatic carbocycles. The highest BCUT2D eigenvalue weighted by Gasteiger charge is 2.35. The molecular formula is C23H25N3O7S. The first-order valence-electron chi connectivity index (χ1n) is 11.1. The highest BCUT2D eigenvalue weighted by atomic mass is 32.2. The smallest absolute Gasteiger partial charge is 0.265 e. The molecule has 2 N–H and O–H groups in total. The van der Waals surface area contributed by atoms with Crippen LogP contribution in [0.15, 0.2) is 35.2 Å². The van der Waals surface area contributed by atoms with E-state index in [2.05, 4.69) is 10.6 Å². The second-order valence-electron chi connectivity index (χ2n) is 8.62. The highest BCUT2D eigenvalue weighted by Crippen LogP contribution is 2.37. The Hall–Kier alpha value is -3.31. The molecule has 0 aliphatic carbocycles. The molecule has 1 fully saturated rings. The quantitative estimate of drug-likeness (QED) is 0.679. The third kappa shape index (κ3) is 4.05. The minimum atomic E-state index is -3.88. The van der Waals surface area contributed by atoms with Crippen molar-refractivity contribution in [2.45, 2.75) is 37.7 Å². The third-order valence-electron chi connectivity index (χ3n) is 6.22. The van der Waals surface area contributed by atoms with Crippen LogP contribution in [0.25, 0.3) is 0 Å². The number of piperidine rings is 1. The van der Waals surface area contributed by atoms with Gasteiger partial charge in [0.05, 0.1) is 16.5 Å². The molecular weight excluding hydrogens is 462 g/mol. The third-order valence-corrected chi connectivity index (χ3v) is 8.23. The number of carbonyl (C=O) groups is 2. The molecule has 180 valence electrons. The Morgan fingerprint density at radius 3 is 2.76 bits per heavy atom. The van der Waals surface area contributed by atoms with Crippen molar-refractivity contribution in [2.24, 2.45) is 5.92 Å². The van der Waals surface area contributed by atoms with Crippen LogP contribution in [0.2, 0.25) is 0 Å². The van der Waals surface area contributed by atoms with Gasteiger partial charge in [-0.05, 0) is 50.5 Å². The summed E-state index contributed by atoms with van der Waals surface area (Å²) < 4.78 is 44.6. The number of nitrogens with one attached hydrogen (secondary N) is 2. The molecule has 2 aromatic rings. The molecule has 0 saturated carbocycles. The van der Waals surface area contributed by atoms with Crippen molar-refractivity contribution in [3.63, 3.8) is 0 Å². The van der Waals surface area contributed by atoms with Gasteiger partial charge in [0, 0.05) is 30.9 Å². The average Bonchev–Trinajstić information content (AvgIpc) is 3.28. The van der Waals surface area contributed by atoms with Gasteiger partial charge in [-0.1, -0.05) is 0 Å². The molecule has 2 amide bonds. The number of anilines is 2. The van der Waals surface area contributed by atoms with Gasteiger partial charge in [-0.15, -0.1) is 0 Å². The molecule has 0 aromatic heterocycles.